The van der Waals surface area contributed by atoms with Crippen molar-refractivity contribution in [2.45, 2.75) is 58.5 Å². The Hall–Kier alpha value is -5.00. The number of nitriles is 2. The molecule has 1 aromatic heterocycles. The van der Waals surface area contributed by atoms with Crippen LogP contribution < -0.4 is 21.6 Å². The Morgan fingerprint density at radius 2 is 1.98 bits per heavy atom. The van der Waals surface area contributed by atoms with Crippen molar-refractivity contribution in [1.29, 1.82) is 10.5 Å². The van der Waals surface area contributed by atoms with Crippen molar-refractivity contribution in [3.8, 4) is 12.1 Å². The molecule has 0 spiro atoms. The number of fused-ring (bicyclic) bond motifs is 1. The Morgan fingerprint density at radius 1 is 1.20 bits per heavy atom. The SMILES string of the molecule is C=Nc1c(C#N)cc(N[C@H](C2=CN(C3(C(F)F)CC3)NN2)c2cccc3ncccc23)cc1/C(NCC(C)(C)C)=C(\C)C#N. The standard InChI is InChI=1S/C33H35F2N9/c1-20(16-36)28(40-19-32(2,3)4)25-15-22(14-21(17-37)29(25)38-5)41-30(24-8-6-10-26-23(24)9-7-13-39-26)27-18-44(43-42-27)33(11-12-33)31(34)35/h6-10,13-15,18,30-31,40-43H,5,11-12,19H2,1-4H3/b28-20-/t30-/m0/s1. The normalized spacial score (nSPS) is 16.8. The number of anilines is 1. The van der Waals surface area contributed by atoms with Crippen molar-refractivity contribution >= 4 is 34.7 Å². The summed E-state index contributed by atoms with van der Waals surface area (Å²) < 4.78 is 28.0. The second-order valence-corrected chi connectivity index (χ2v) is 12.3. The zero-order valence-electron chi connectivity index (χ0n) is 25.2. The lowest BCUT2D eigenvalue weighted by Gasteiger charge is -2.25. The zero-order valence-corrected chi connectivity index (χ0v) is 25.2. The van der Waals surface area contributed by atoms with Gasteiger partial charge in [0.2, 0.25) is 0 Å². The lowest BCUT2D eigenvalue weighted by Crippen LogP contribution is -2.48. The van der Waals surface area contributed by atoms with Crippen molar-refractivity contribution in [2.75, 3.05) is 11.9 Å². The fourth-order valence-electron chi connectivity index (χ4n) is 5.28. The molecular weight excluding hydrogens is 560 g/mol. The van der Waals surface area contributed by atoms with E-state index in [9.17, 15) is 19.3 Å². The number of aromatic nitrogens is 1. The van der Waals surface area contributed by atoms with E-state index in [1.54, 1.807) is 25.4 Å². The molecule has 5 rings (SSSR count). The number of nitrogens with one attached hydrogen (secondary N) is 4. The molecule has 0 unspecified atom stereocenters. The van der Waals surface area contributed by atoms with Gasteiger partial charge < -0.3 is 16.1 Å². The molecule has 1 aliphatic heterocycles. The van der Waals surface area contributed by atoms with Crippen LogP contribution in [0.4, 0.5) is 20.2 Å². The summed E-state index contributed by atoms with van der Waals surface area (Å²) in [6.45, 7) is 12.2. The van der Waals surface area contributed by atoms with Crippen LogP contribution in [0, 0.1) is 28.1 Å². The van der Waals surface area contributed by atoms with Crippen molar-refractivity contribution < 1.29 is 8.78 Å². The van der Waals surface area contributed by atoms with Crippen LogP contribution in [0.5, 0.6) is 0 Å². The molecule has 9 nitrogen and oxygen atoms in total. The fourth-order valence-corrected chi connectivity index (χ4v) is 5.28. The Morgan fingerprint density at radius 3 is 2.61 bits per heavy atom. The smallest absolute Gasteiger partial charge is 0.262 e. The molecule has 0 amide bonds. The topological polar surface area (TPSA) is 124 Å². The summed E-state index contributed by atoms with van der Waals surface area (Å²) in [7, 11) is 0. The second kappa shape index (κ2) is 11.9. The minimum Gasteiger partial charge on any atom is -0.383 e. The number of hydrogen-bond acceptors (Lipinski definition) is 9. The van der Waals surface area contributed by atoms with Gasteiger partial charge in [-0.15, -0.1) is 5.53 Å². The second-order valence-electron chi connectivity index (χ2n) is 12.3. The van der Waals surface area contributed by atoms with E-state index in [-0.39, 0.29) is 11.0 Å². The number of hydrazine groups is 2. The van der Waals surface area contributed by atoms with Crippen molar-refractivity contribution in [3.05, 3.63) is 82.8 Å². The third-order valence-corrected chi connectivity index (χ3v) is 7.85. The van der Waals surface area contributed by atoms with E-state index < -0.39 is 18.0 Å². The highest BCUT2D eigenvalue weighted by atomic mass is 19.3. The molecule has 0 bridgehead atoms. The third-order valence-electron chi connectivity index (χ3n) is 7.85. The third kappa shape index (κ3) is 5.92. The molecule has 226 valence electrons. The Labute approximate surface area is 255 Å². The van der Waals surface area contributed by atoms with E-state index >= 15 is 0 Å². The van der Waals surface area contributed by atoms with Gasteiger partial charge in [-0.25, -0.2) is 8.78 Å². The van der Waals surface area contributed by atoms with E-state index in [2.05, 4.69) is 71.2 Å². The first-order valence-corrected chi connectivity index (χ1v) is 14.3. The number of rotatable bonds is 10. The molecule has 1 aliphatic carbocycles. The van der Waals surface area contributed by atoms with E-state index in [4.69, 9.17) is 0 Å². The lowest BCUT2D eigenvalue weighted by atomic mass is 9.95. The van der Waals surface area contributed by atoms with Crippen LogP contribution in [0.2, 0.25) is 0 Å². The van der Waals surface area contributed by atoms with Crippen LogP contribution in [0.15, 0.2) is 71.1 Å². The Balaban J connectivity index is 1.65. The first-order chi connectivity index (χ1) is 21.0. The van der Waals surface area contributed by atoms with Crippen LogP contribution in [0.3, 0.4) is 0 Å². The van der Waals surface area contributed by atoms with Crippen LogP contribution in [0.1, 0.15) is 63.3 Å². The van der Waals surface area contributed by atoms with Gasteiger partial charge in [0.05, 0.1) is 45.8 Å². The molecular formula is C33H35F2N9. The molecule has 2 heterocycles. The van der Waals surface area contributed by atoms with Gasteiger partial charge in [-0.05, 0) is 61.7 Å². The highest BCUT2D eigenvalue weighted by Gasteiger charge is 2.56. The molecule has 4 N–H and O–H groups in total. The average molecular weight is 596 g/mol. The van der Waals surface area contributed by atoms with Crippen molar-refractivity contribution in [2.24, 2.45) is 10.4 Å². The monoisotopic (exact) mass is 595 g/mol. The highest BCUT2D eigenvalue weighted by Crippen LogP contribution is 2.47. The number of benzene rings is 2. The number of hydrogen-bond donors (Lipinski definition) is 4. The summed E-state index contributed by atoms with van der Waals surface area (Å²) in [6.07, 6.45) is 1.62. The van der Waals surface area contributed by atoms with Gasteiger partial charge in [0.1, 0.15) is 11.6 Å². The number of pyridine rings is 1. The molecule has 2 aromatic carbocycles. The summed E-state index contributed by atoms with van der Waals surface area (Å²) in [6, 6.07) is 16.9. The van der Waals surface area contributed by atoms with Gasteiger partial charge in [-0.3, -0.25) is 15.0 Å². The van der Waals surface area contributed by atoms with Gasteiger partial charge in [-0.1, -0.05) is 39.0 Å². The van der Waals surface area contributed by atoms with E-state index in [1.807, 2.05) is 36.4 Å². The van der Waals surface area contributed by atoms with Crippen molar-refractivity contribution in [3.63, 3.8) is 0 Å². The summed E-state index contributed by atoms with van der Waals surface area (Å²) in [5.41, 5.74) is 9.61. The number of nitrogens with zero attached hydrogens (tertiary/aromatic N) is 5. The summed E-state index contributed by atoms with van der Waals surface area (Å²) in [5.74, 6) is 0. The predicted molar refractivity (Wildman–Crippen MR) is 168 cm³/mol. The number of halogens is 2. The number of allylic oxidation sites excluding steroid dienone is 1. The largest absolute Gasteiger partial charge is 0.383 e. The molecule has 1 fully saturated rings. The van der Waals surface area contributed by atoms with E-state index in [0.29, 0.717) is 53.3 Å². The van der Waals surface area contributed by atoms with Gasteiger partial charge in [0, 0.05) is 35.6 Å². The maximum Gasteiger partial charge on any atom is 0.262 e. The quantitative estimate of drug-likeness (QED) is 0.156. The minimum absolute atomic E-state index is 0.0964. The summed E-state index contributed by atoms with van der Waals surface area (Å²) in [5, 5.41) is 29.3. The molecule has 0 radical (unpaired) electrons. The van der Waals surface area contributed by atoms with Gasteiger partial charge in [-0.2, -0.15) is 10.5 Å². The van der Waals surface area contributed by atoms with E-state index in [0.717, 1.165) is 16.5 Å². The molecule has 11 heteroatoms. The Kier molecular flexibility index (Phi) is 8.27. The zero-order chi connectivity index (χ0) is 31.6. The molecule has 3 aromatic rings. The highest BCUT2D eigenvalue weighted by molar-refractivity contribution is 5.86. The van der Waals surface area contributed by atoms with Crippen molar-refractivity contribution in [1.82, 2.24) is 26.3 Å². The maximum atomic E-state index is 14.0. The summed E-state index contributed by atoms with van der Waals surface area (Å²) in [4.78, 5) is 8.68. The van der Waals surface area contributed by atoms with Crippen LogP contribution in [-0.4, -0.2) is 35.2 Å². The predicted octanol–water partition coefficient (Wildman–Crippen LogP) is 6.45. The van der Waals surface area contributed by atoms with E-state index in [1.165, 1.54) is 5.01 Å². The fraction of sp³-hybridized carbons (Fsp3) is 0.333. The molecule has 0 saturated heterocycles. The molecule has 1 atom stereocenters. The van der Waals surface area contributed by atoms with Crippen LogP contribution in [0.25, 0.3) is 16.6 Å². The first-order valence-electron chi connectivity index (χ1n) is 14.3. The summed E-state index contributed by atoms with van der Waals surface area (Å²) >= 11 is 0. The maximum absolute atomic E-state index is 14.0. The van der Waals surface area contributed by atoms with Gasteiger partial charge in [0.15, 0.2) is 0 Å². The number of alkyl halides is 2. The lowest BCUT2D eigenvalue weighted by molar-refractivity contribution is 0.00911. The Bertz CT molecular complexity index is 1730. The molecule has 44 heavy (non-hydrogen) atoms. The minimum atomic E-state index is -2.52. The first kappa shape index (κ1) is 30.5. The average Bonchev–Trinajstić information content (AvgIpc) is 3.69. The van der Waals surface area contributed by atoms with Crippen LogP contribution in [-0.2, 0) is 0 Å². The molecule has 2 aliphatic rings. The van der Waals surface area contributed by atoms with Gasteiger partial charge in [0.25, 0.3) is 6.43 Å². The van der Waals surface area contributed by atoms with Crippen LogP contribution >= 0.6 is 0 Å². The van der Waals surface area contributed by atoms with Gasteiger partial charge >= 0.3 is 0 Å². The molecule has 1 saturated carbocycles. The number of aliphatic imine (C=N–C) groups is 1.